The third-order valence-electron chi connectivity index (χ3n) is 0. The standard InChI is InChI=1S/2C3H8.3C2H6.4CH4.H2/c2*1-3-2;3*1-2;;;;;/h2*3H2,1-2H3;3*1-2H3;4*1H4;1H/i;;3*1T;1T2;;;;1+2T. The minimum absolute atomic E-state index is 0. The molecule has 0 N–H and O–H groups in total. The Bertz CT molecular complexity index is 35.9. The average molecular weight is 259 g/mol. The SMILES string of the molecule is C.C.C.CCC.CCC.[3H]CC.[3H]CC.[3H]CC.[3H]C[3H].[3H][3H]. The van der Waals surface area contributed by atoms with Gasteiger partial charge in [0, 0.05) is 9.82 Å². The van der Waals surface area contributed by atoms with E-state index in [1.165, 1.54) is 12.8 Å². The molecular weight excluding hydrogens is 192 g/mol. The molecular formula is C16H52. The molecule has 0 saturated carbocycles. The molecule has 0 aromatic rings. The quantitative estimate of drug-likeness (QED) is 0.407. The second kappa shape index (κ2) is 735. The lowest BCUT2D eigenvalue weighted by Gasteiger charge is -1.48. The number of hydrogen-bond donors (Lipinski definition) is 0. The summed E-state index contributed by atoms with van der Waals surface area (Å²) < 4.78 is 40.4. The molecule has 0 amide bonds. The van der Waals surface area contributed by atoms with E-state index >= 15 is 0 Å². The van der Waals surface area contributed by atoms with Crippen LogP contribution in [0, 0.1) is 0 Å². The van der Waals surface area contributed by atoms with Crippen LogP contribution in [0.4, 0.5) is 0 Å². The van der Waals surface area contributed by atoms with Gasteiger partial charge in [0.05, 0.1) is 0 Å². The highest BCUT2D eigenvalue weighted by Gasteiger charge is 1.36. The molecule has 0 spiro atoms. The van der Waals surface area contributed by atoms with Gasteiger partial charge in [-0.25, -0.2) is 0 Å². The molecule has 0 aliphatic carbocycles. The Morgan fingerprint density at radius 2 is 0.812 bits per heavy atom. The molecule has 0 radical (unpaired) electrons. The number of rotatable bonds is 0. The lowest BCUT2D eigenvalue weighted by molar-refractivity contribution is 1.09. The molecule has 0 nitrogen and oxygen atoms in total. The van der Waals surface area contributed by atoms with Gasteiger partial charge in [0.25, 0.3) is 0 Å². The minimum Gasteiger partial charge on any atom is -0.0776 e. The van der Waals surface area contributed by atoms with Crippen LogP contribution < -0.4 is 0 Å². The largest absolute Gasteiger partial charge is 0.0776 e. The highest BCUT2D eigenvalue weighted by Crippen LogP contribution is 1.56. The Hall–Kier alpha value is 0. The molecule has 0 aromatic heterocycles. The van der Waals surface area contributed by atoms with Crippen LogP contribution in [-0.2, 0) is 0 Å². The van der Waals surface area contributed by atoms with E-state index in [2.05, 4.69) is 27.7 Å². The van der Waals surface area contributed by atoms with Gasteiger partial charge in [-0.2, -0.15) is 0 Å². The van der Waals surface area contributed by atoms with Gasteiger partial charge in [0.1, 0.15) is 0 Å². The van der Waals surface area contributed by atoms with E-state index < -0.39 is 0 Å². The minimum atomic E-state index is -0.250. The lowest BCUT2D eigenvalue weighted by Crippen LogP contribution is -1.27. The fraction of sp³-hybridized carbons (Fsp3) is 1.00. The van der Waals surface area contributed by atoms with Gasteiger partial charge in [0.15, 0.2) is 0 Å². The Kier molecular flexibility index (Phi) is 979. The molecule has 0 rings (SSSR count). The smallest absolute Gasteiger partial charge is 0.0228 e. The highest BCUT2D eigenvalue weighted by atomic mass is 13.4. The average Bonchev–Trinajstić information content (AvgIpc) is 2.36. The zero-order chi connectivity index (χ0) is 18.2. The van der Waals surface area contributed by atoms with Crippen molar-refractivity contribution in [3.8, 4) is 0 Å². The van der Waals surface area contributed by atoms with Crippen LogP contribution in [0.2, 0.25) is 0 Å². The van der Waals surface area contributed by atoms with Crippen molar-refractivity contribution in [2.75, 3.05) is 0 Å². The van der Waals surface area contributed by atoms with Crippen molar-refractivity contribution in [3.05, 3.63) is 0 Å². The summed E-state index contributed by atoms with van der Waals surface area (Å²) in [5, 5.41) is 0. The maximum atomic E-state index is 6.21. The van der Waals surface area contributed by atoms with E-state index in [4.69, 9.17) is 9.82 Å². The molecule has 0 heterocycles. The van der Waals surface area contributed by atoms with Crippen molar-refractivity contribution in [3.63, 3.8) is 0 Å². The summed E-state index contributed by atoms with van der Waals surface area (Å²) in [5.74, 6) is 0. The Morgan fingerprint density at radius 1 is 0.812 bits per heavy atom. The molecule has 0 aromatic carbocycles. The molecule has 0 unspecified atom stereocenters. The molecule has 0 fully saturated rings. The molecule has 0 saturated heterocycles. The first kappa shape index (κ1) is 21.3. The van der Waals surface area contributed by atoms with Crippen molar-refractivity contribution in [1.29, 1.82) is 0 Å². The van der Waals surface area contributed by atoms with Crippen molar-refractivity contribution < 1.29 is 9.82 Å². The second-order valence-corrected chi connectivity index (χ2v) is 1.41. The summed E-state index contributed by atoms with van der Waals surface area (Å²) >= 11 is 0. The fourth-order valence-electron chi connectivity index (χ4n) is 0. The molecule has 0 atom stereocenters. The summed E-state index contributed by atoms with van der Waals surface area (Å²) in [6.45, 7) is 15.4. The molecule has 0 heteroatoms. The zero-order valence-electron chi connectivity index (χ0n) is 18.2. The van der Waals surface area contributed by atoms with Crippen molar-refractivity contribution in [1.82, 2.24) is 0 Å². The third-order valence-corrected chi connectivity index (χ3v) is 0. The Balaban J connectivity index is -0.0000000105. The van der Waals surface area contributed by atoms with E-state index in [-0.39, 0.29) is 29.7 Å². The van der Waals surface area contributed by atoms with Crippen molar-refractivity contribution >= 4 is 0 Å². The van der Waals surface area contributed by atoms with Gasteiger partial charge in [-0.15, -0.1) is 0 Å². The van der Waals surface area contributed by atoms with E-state index in [1.807, 2.05) is 0 Å². The van der Waals surface area contributed by atoms with E-state index in [1.54, 1.807) is 20.8 Å². The zero-order valence-corrected chi connectivity index (χ0v) is 11.2. The van der Waals surface area contributed by atoms with Gasteiger partial charge in [-0.1, -0.05) is 112 Å². The predicted octanol–water partition coefficient (Wildman–Crippen LogP) is 8.70. The van der Waals surface area contributed by atoms with Gasteiger partial charge in [-0.3, -0.25) is 0 Å². The van der Waals surface area contributed by atoms with Crippen molar-refractivity contribution in [2.45, 2.75) is 112 Å². The van der Waals surface area contributed by atoms with Crippen LogP contribution in [0.3, 0.4) is 0 Å². The summed E-state index contributed by atoms with van der Waals surface area (Å²) in [6.07, 6.45) is 2.50. The maximum Gasteiger partial charge on any atom is 0.0228 e. The van der Waals surface area contributed by atoms with Gasteiger partial charge in [-0.05, 0) is 0 Å². The van der Waals surface area contributed by atoms with E-state index in [9.17, 15) is 0 Å². The van der Waals surface area contributed by atoms with Gasteiger partial charge < -0.3 is 0 Å². The predicted molar refractivity (Wildman–Crippen MR) is 95.0 cm³/mol. The molecule has 0 aliphatic rings. The Morgan fingerprint density at radius 3 is 0.812 bits per heavy atom. The lowest BCUT2D eigenvalue weighted by atomic mass is 10.6. The summed E-state index contributed by atoms with van der Waals surface area (Å²) in [4.78, 5) is 0. The third kappa shape index (κ3) is 0. The normalized spacial score (nSPS) is 7.56. The second-order valence-electron chi connectivity index (χ2n) is 1.41. The molecule has 16 heavy (non-hydrogen) atoms. The first-order chi connectivity index (χ1) is 9.49. The topological polar surface area (TPSA) is 0 Å². The van der Waals surface area contributed by atoms with Crippen LogP contribution in [0.1, 0.15) is 121 Å². The van der Waals surface area contributed by atoms with Gasteiger partial charge in [0.2, 0.25) is 0 Å². The highest BCUT2D eigenvalue weighted by molar-refractivity contribution is 3.92. The van der Waals surface area contributed by atoms with Crippen LogP contribution >= 0.6 is 0 Å². The summed E-state index contributed by atoms with van der Waals surface area (Å²) in [5.41, 5.74) is 0. The van der Waals surface area contributed by atoms with Crippen LogP contribution in [-0.4, -0.2) is 0 Å². The van der Waals surface area contributed by atoms with Crippen LogP contribution in [0.15, 0.2) is 0 Å². The molecule has 0 bridgehead atoms. The first-order valence-corrected chi connectivity index (χ1v) is 4.95. The van der Waals surface area contributed by atoms with Crippen LogP contribution in [0.5, 0.6) is 0 Å². The van der Waals surface area contributed by atoms with Crippen molar-refractivity contribution in [2.24, 2.45) is 0 Å². The van der Waals surface area contributed by atoms with E-state index in [0.29, 0.717) is 20.7 Å². The first-order valence-electron chi connectivity index (χ1n) is 9.49. The summed E-state index contributed by atoms with van der Waals surface area (Å²) in [6, 6.07) is 0. The molecule has 0 aliphatic heterocycles. The fourth-order valence-corrected chi connectivity index (χ4v) is 0. The van der Waals surface area contributed by atoms with E-state index in [0.717, 1.165) is 0 Å². The monoisotopic (exact) mass is 258 g/mol. The van der Waals surface area contributed by atoms with Gasteiger partial charge >= 0.3 is 0 Å². The number of hydrogen-bond acceptors (Lipinski definition) is 0. The molecule has 116 valence electrons. The summed E-state index contributed by atoms with van der Waals surface area (Å²) in [7, 11) is -0.250. The maximum absolute atomic E-state index is 6.21. The Labute approximate surface area is 122 Å². The van der Waals surface area contributed by atoms with Crippen LogP contribution in [0.25, 0.3) is 0 Å².